The summed E-state index contributed by atoms with van der Waals surface area (Å²) in [5.41, 5.74) is 2.42. The zero-order chi connectivity index (χ0) is 17.6. The highest BCUT2D eigenvalue weighted by Gasteiger charge is 2.31. The third-order valence-electron chi connectivity index (χ3n) is 5.96. The molecule has 25 heavy (non-hydrogen) atoms. The average molecular weight is 345 g/mol. The minimum absolute atomic E-state index is 0.0417. The number of aryl methyl sites for hydroxylation is 1. The van der Waals surface area contributed by atoms with Crippen LogP contribution >= 0.6 is 0 Å². The Kier molecular flexibility index (Phi) is 6.29. The number of nitrogens with zero attached hydrogens (tertiary/aromatic N) is 2. The molecule has 0 bridgehead atoms. The van der Waals surface area contributed by atoms with Crippen LogP contribution in [0.15, 0.2) is 18.5 Å². The Morgan fingerprint density at radius 3 is 2.92 bits per heavy atom. The number of urea groups is 1. The van der Waals surface area contributed by atoms with Crippen LogP contribution in [0.5, 0.6) is 0 Å². The zero-order valence-corrected chi connectivity index (χ0v) is 15.6. The molecule has 2 heterocycles. The smallest absolute Gasteiger partial charge is 0.315 e. The van der Waals surface area contributed by atoms with Crippen LogP contribution < -0.4 is 10.6 Å². The summed E-state index contributed by atoms with van der Waals surface area (Å²) in [7, 11) is 0. The molecule has 0 spiro atoms. The van der Waals surface area contributed by atoms with Crippen molar-refractivity contribution in [2.45, 2.75) is 64.5 Å². The molecule has 2 atom stereocenters. The largest absolute Gasteiger partial charge is 0.338 e. The van der Waals surface area contributed by atoms with Crippen LogP contribution in [-0.4, -0.2) is 47.6 Å². The molecular weight excluding hydrogens is 312 g/mol. The van der Waals surface area contributed by atoms with Gasteiger partial charge < -0.3 is 15.5 Å². The highest BCUT2D eigenvalue weighted by molar-refractivity contribution is 5.74. The van der Waals surface area contributed by atoms with Crippen LogP contribution in [0.25, 0.3) is 0 Å². The first-order chi connectivity index (χ1) is 12.1. The second-order valence-electron chi connectivity index (χ2n) is 7.72. The number of likely N-dealkylation sites (tertiary alicyclic amines) is 1. The van der Waals surface area contributed by atoms with Gasteiger partial charge in [0.25, 0.3) is 0 Å². The predicted octanol–water partition coefficient (Wildman–Crippen LogP) is 2.88. The molecule has 2 fully saturated rings. The Balaban J connectivity index is 1.39. The van der Waals surface area contributed by atoms with Crippen LogP contribution in [0.3, 0.4) is 0 Å². The number of rotatable bonds is 6. The van der Waals surface area contributed by atoms with Crippen LogP contribution in [0, 0.1) is 12.8 Å². The molecule has 0 radical (unpaired) electrons. The van der Waals surface area contributed by atoms with Crippen molar-refractivity contribution >= 4 is 6.03 Å². The third-order valence-corrected chi connectivity index (χ3v) is 5.96. The lowest BCUT2D eigenvalue weighted by Gasteiger charge is -2.43. The summed E-state index contributed by atoms with van der Waals surface area (Å²) in [6.07, 6.45) is 11.1. The van der Waals surface area contributed by atoms with E-state index in [1.807, 2.05) is 12.3 Å². The first kappa shape index (κ1) is 18.2. The van der Waals surface area contributed by atoms with Crippen LogP contribution in [0.4, 0.5) is 4.79 Å². The molecule has 1 aromatic rings. The van der Waals surface area contributed by atoms with E-state index in [0.717, 1.165) is 19.0 Å². The number of hydrogen-bond acceptors (Lipinski definition) is 3. The fourth-order valence-electron chi connectivity index (χ4n) is 4.00. The van der Waals surface area contributed by atoms with Gasteiger partial charge in [-0.25, -0.2) is 4.79 Å². The Morgan fingerprint density at radius 2 is 2.20 bits per heavy atom. The zero-order valence-electron chi connectivity index (χ0n) is 15.6. The summed E-state index contributed by atoms with van der Waals surface area (Å²) in [6, 6.07) is 3.02. The fourth-order valence-corrected chi connectivity index (χ4v) is 4.00. The van der Waals surface area contributed by atoms with Gasteiger partial charge in [0, 0.05) is 37.6 Å². The van der Waals surface area contributed by atoms with Crippen LogP contribution in [0.2, 0.25) is 0 Å². The van der Waals surface area contributed by atoms with Crippen molar-refractivity contribution < 1.29 is 4.79 Å². The van der Waals surface area contributed by atoms with Gasteiger partial charge in [0.05, 0.1) is 0 Å². The summed E-state index contributed by atoms with van der Waals surface area (Å²) >= 11 is 0. The van der Waals surface area contributed by atoms with Crippen molar-refractivity contribution in [1.82, 2.24) is 20.5 Å². The average Bonchev–Trinajstić information content (AvgIpc) is 2.55. The molecule has 1 saturated carbocycles. The van der Waals surface area contributed by atoms with Crippen molar-refractivity contribution in [1.29, 1.82) is 0 Å². The van der Waals surface area contributed by atoms with E-state index < -0.39 is 0 Å². The van der Waals surface area contributed by atoms with E-state index in [0.29, 0.717) is 12.5 Å². The van der Waals surface area contributed by atoms with Crippen molar-refractivity contribution in [3.63, 3.8) is 0 Å². The van der Waals surface area contributed by atoms with E-state index in [-0.39, 0.29) is 12.1 Å². The van der Waals surface area contributed by atoms with Gasteiger partial charge in [-0.1, -0.05) is 6.42 Å². The molecule has 2 N–H and O–H groups in total. The topological polar surface area (TPSA) is 57.3 Å². The summed E-state index contributed by atoms with van der Waals surface area (Å²) in [5, 5.41) is 6.16. The van der Waals surface area contributed by atoms with Crippen molar-refractivity contribution in [2.75, 3.05) is 19.6 Å². The molecule has 2 aliphatic rings. The Bertz CT molecular complexity index is 573. The number of pyridine rings is 1. The van der Waals surface area contributed by atoms with Gasteiger partial charge in [-0.15, -0.1) is 0 Å². The van der Waals surface area contributed by atoms with Crippen molar-refractivity contribution in [2.24, 2.45) is 5.92 Å². The maximum Gasteiger partial charge on any atom is 0.315 e. The standard InChI is InChI=1S/C20H32N4O/c1-15-13-21-10-8-17(15)9-11-22-20(25)23-16(2)18-5-4-12-24(14-18)19-6-3-7-19/h8,10,13,16,18-19H,3-7,9,11-12,14H2,1-2H3,(H2,22,23,25)/t16-,18+/m0/s1. The molecule has 138 valence electrons. The summed E-state index contributed by atoms with van der Waals surface area (Å²) in [4.78, 5) is 19.0. The van der Waals surface area contributed by atoms with Gasteiger partial charge in [-0.3, -0.25) is 4.98 Å². The predicted molar refractivity (Wildman–Crippen MR) is 101 cm³/mol. The SMILES string of the molecule is Cc1cnccc1CCNC(=O)N[C@@H](C)[C@@H]1CCCN(C2CCC2)C1. The quantitative estimate of drug-likeness (QED) is 0.834. The first-order valence-electron chi connectivity index (χ1n) is 9.81. The minimum Gasteiger partial charge on any atom is -0.338 e. The lowest BCUT2D eigenvalue weighted by molar-refractivity contribution is 0.0679. The number of amides is 2. The van der Waals surface area contributed by atoms with Gasteiger partial charge in [-0.2, -0.15) is 0 Å². The molecular formula is C20H32N4O. The first-order valence-corrected chi connectivity index (χ1v) is 9.81. The molecule has 0 aromatic carbocycles. The van der Waals surface area contributed by atoms with Gasteiger partial charge in [-0.05, 0) is 75.6 Å². The second-order valence-corrected chi connectivity index (χ2v) is 7.72. The third kappa shape index (κ3) is 4.94. The Labute approximate surface area is 151 Å². The second kappa shape index (κ2) is 8.65. The van der Waals surface area contributed by atoms with Gasteiger partial charge in [0.15, 0.2) is 0 Å². The molecule has 5 nitrogen and oxygen atoms in total. The highest BCUT2D eigenvalue weighted by atomic mass is 16.2. The van der Waals surface area contributed by atoms with Crippen LogP contribution in [-0.2, 0) is 6.42 Å². The number of carbonyl (C=O) groups excluding carboxylic acids is 1. The van der Waals surface area contributed by atoms with Crippen molar-refractivity contribution in [3.8, 4) is 0 Å². The van der Waals surface area contributed by atoms with Gasteiger partial charge in [0.1, 0.15) is 0 Å². The Morgan fingerprint density at radius 1 is 1.36 bits per heavy atom. The van der Waals surface area contributed by atoms with Crippen molar-refractivity contribution in [3.05, 3.63) is 29.6 Å². The monoisotopic (exact) mass is 344 g/mol. The summed E-state index contributed by atoms with van der Waals surface area (Å²) < 4.78 is 0. The van der Waals surface area contributed by atoms with E-state index in [4.69, 9.17) is 0 Å². The number of aromatic nitrogens is 1. The number of carbonyl (C=O) groups is 1. The molecule has 1 aliphatic carbocycles. The lowest BCUT2D eigenvalue weighted by Crippen LogP contribution is -2.52. The maximum atomic E-state index is 12.2. The summed E-state index contributed by atoms with van der Waals surface area (Å²) in [5.74, 6) is 0.572. The van der Waals surface area contributed by atoms with Gasteiger partial charge >= 0.3 is 6.03 Å². The fraction of sp³-hybridized carbons (Fsp3) is 0.700. The van der Waals surface area contributed by atoms with E-state index in [9.17, 15) is 4.79 Å². The van der Waals surface area contributed by atoms with E-state index in [2.05, 4.69) is 34.4 Å². The molecule has 1 saturated heterocycles. The highest BCUT2D eigenvalue weighted by Crippen LogP contribution is 2.30. The molecule has 0 unspecified atom stereocenters. The number of hydrogen-bond donors (Lipinski definition) is 2. The molecule has 1 aromatic heterocycles. The molecule has 2 amide bonds. The van der Waals surface area contributed by atoms with Crippen LogP contribution in [0.1, 0.15) is 50.2 Å². The minimum atomic E-state index is -0.0417. The van der Waals surface area contributed by atoms with E-state index in [1.165, 1.54) is 49.8 Å². The molecule has 1 aliphatic heterocycles. The molecule has 3 rings (SSSR count). The normalized spacial score (nSPS) is 22.9. The number of piperidine rings is 1. The Hall–Kier alpha value is -1.62. The molecule has 5 heteroatoms. The summed E-state index contributed by atoms with van der Waals surface area (Å²) in [6.45, 7) is 7.25. The van der Waals surface area contributed by atoms with Gasteiger partial charge in [0.2, 0.25) is 0 Å². The van der Waals surface area contributed by atoms with E-state index in [1.54, 1.807) is 6.20 Å². The lowest BCUT2D eigenvalue weighted by atomic mass is 9.86. The maximum absolute atomic E-state index is 12.2. The van der Waals surface area contributed by atoms with E-state index >= 15 is 0 Å². The number of nitrogens with one attached hydrogen (secondary N) is 2.